The van der Waals surface area contributed by atoms with Crippen LogP contribution in [0.2, 0.25) is 5.02 Å². The molecule has 0 unspecified atom stereocenters. The van der Waals surface area contributed by atoms with Crippen LogP contribution in [0.4, 0.5) is 10.1 Å². The lowest BCUT2D eigenvalue weighted by Crippen LogP contribution is -2.32. The third kappa shape index (κ3) is 2.90. The second-order valence-electron chi connectivity index (χ2n) is 5.28. The van der Waals surface area contributed by atoms with E-state index in [2.05, 4.69) is 15.9 Å². The van der Waals surface area contributed by atoms with Gasteiger partial charge >= 0.3 is 0 Å². The maximum absolute atomic E-state index is 14.1. The Morgan fingerprint density at radius 3 is 2.82 bits per heavy atom. The van der Waals surface area contributed by atoms with Crippen LogP contribution < -0.4 is 4.90 Å². The van der Waals surface area contributed by atoms with Crippen LogP contribution in [0.25, 0.3) is 0 Å². The van der Waals surface area contributed by atoms with Crippen LogP contribution in [0, 0.1) is 5.82 Å². The van der Waals surface area contributed by atoms with Crippen molar-refractivity contribution >= 4 is 39.1 Å². The summed E-state index contributed by atoms with van der Waals surface area (Å²) >= 11 is 9.50. The fourth-order valence-corrected chi connectivity index (χ4v) is 3.42. The molecule has 114 valence electrons. The standard InChI is InChI=1S/C17H14BrClFNO/c18-12-7-8-15-11(10-12)4-1-2-9-21(15)17(22)16-13(19)5-3-6-14(16)20/h3,5-8,10H,1-2,4,9H2. The van der Waals surface area contributed by atoms with Crippen LogP contribution in [0.5, 0.6) is 0 Å². The van der Waals surface area contributed by atoms with E-state index < -0.39 is 5.82 Å². The number of carbonyl (C=O) groups is 1. The first-order valence-corrected chi connectivity index (χ1v) is 8.29. The van der Waals surface area contributed by atoms with Crippen LogP contribution in [0.15, 0.2) is 40.9 Å². The van der Waals surface area contributed by atoms with Crippen molar-refractivity contribution < 1.29 is 9.18 Å². The Labute approximate surface area is 142 Å². The minimum Gasteiger partial charge on any atom is -0.308 e. The van der Waals surface area contributed by atoms with Crippen LogP contribution in [-0.2, 0) is 6.42 Å². The predicted molar refractivity (Wildman–Crippen MR) is 90.2 cm³/mol. The number of rotatable bonds is 1. The predicted octanol–water partition coefficient (Wildman–Crippen LogP) is 5.22. The molecule has 0 spiro atoms. The number of anilines is 1. The van der Waals surface area contributed by atoms with Crippen LogP contribution >= 0.6 is 27.5 Å². The highest BCUT2D eigenvalue weighted by Crippen LogP contribution is 2.31. The van der Waals surface area contributed by atoms with Gasteiger partial charge < -0.3 is 4.90 Å². The summed E-state index contributed by atoms with van der Waals surface area (Å²) in [7, 11) is 0. The highest BCUT2D eigenvalue weighted by molar-refractivity contribution is 9.10. The smallest absolute Gasteiger partial charge is 0.262 e. The number of aryl methyl sites for hydroxylation is 1. The maximum Gasteiger partial charge on any atom is 0.262 e. The Kier molecular flexibility index (Phi) is 4.50. The second kappa shape index (κ2) is 6.39. The van der Waals surface area contributed by atoms with Crippen molar-refractivity contribution in [3.63, 3.8) is 0 Å². The van der Waals surface area contributed by atoms with Crippen molar-refractivity contribution in [2.24, 2.45) is 0 Å². The molecule has 5 heteroatoms. The van der Waals surface area contributed by atoms with E-state index in [-0.39, 0.29) is 16.5 Å². The van der Waals surface area contributed by atoms with Gasteiger partial charge in [0.1, 0.15) is 5.82 Å². The topological polar surface area (TPSA) is 20.3 Å². The lowest BCUT2D eigenvalue weighted by molar-refractivity contribution is 0.0983. The number of benzene rings is 2. The summed E-state index contributed by atoms with van der Waals surface area (Å²) in [6.45, 7) is 0.568. The van der Waals surface area contributed by atoms with E-state index >= 15 is 0 Å². The number of carbonyl (C=O) groups excluding carboxylic acids is 1. The van der Waals surface area contributed by atoms with E-state index in [1.54, 1.807) is 4.90 Å². The molecular formula is C17H14BrClFNO. The van der Waals surface area contributed by atoms with Crippen LogP contribution in [0.3, 0.4) is 0 Å². The molecule has 0 saturated carbocycles. The zero-order valence-corrected chi connectivity index (χ0v) is 14.1. The van der Waals surface area contributed by atoms with Gasteiger partial charge in [-0.1, -0.05) is 33.6 Å². The quantitative estimate of drug-likeness (QED) is 0.662. The van der Waals surface area contributed by atoms with Crippen molar-refractivity contribution in [3.8, 4) is 0 Å². The van der Waals surface area contributed by atoms with Gasteiger partial charge in [-0.25, -0.2) is 4.39 Å². The molecule has 2 aromatic rings. The van der Waals surface area contributed by atoms with Crippen molar-refractivity contribution in [1.29, 1.82) is 0 Å². The Morgan fingerprint density at radius 1 is 1.23 bits per heavy atom. The van der Waals surface area contributed by atoms with E-state index in [4.69, 9.17) is 11.6 Å². The number of halogens is 3. The molecule has 2 aromatic carbocycles. The third-order valence-electron chi connectivity index (χ3n) is 3.83. The second-order valence-corrected chi connectivity index (χ2v) is 6.61. The number of nitrogens with zero attached hydrogens (tertiary/aromatic N) is 1. The summed E-state index contributed by atoms with van der Waals surface area (Å²) in [4.78, 5) is 14.5. The molecule has 0 fully saturated rings. The van der Waals surface area contributed by atoms with E-state index in [1.165, 1.54) is 18.2 Å². The lowest BCUT2D eigenvalue weighted by Gasteiger charge is -2.23. The molecular weight excluding hydrogens is 369 g/mol. The summed E-state index contributed by atoms with van der Waals surface area (Å²) in [6, 6.07) is 10.1. The van der Waals surface area contributed by atoms with Crippen molar-refractivity contribution in [2.45, 2.75) is 19.3 Å². The molecule has 0 bridgehead atoms. The molecule has 0 aromatic heterocycles. The average Bonchev–Trinajstić information content (AvgIpc) is 2.68. The van der Waals surface area contributed by atoms with E-state index in [0.717, 1.165) is 35.0 Å². The zero-order valence-electron chi connectivity index (χ0n) is 11.8. The zero-order chi connectivity index (χ0) is 15.7. The molecule has 1 heterocycles. The van der Waals surface area contributed by atoms with Gasteiger partial charge in [0.2, 0.25) is 0 Å². The molecule has 0 atom stereocenters. The Morgan fingerprint density at radius 2 is 2.05 bits per heavy atom. The van der Waals surface area contributed by atoms with E-state index in [1.807, 2.05) is 18.2 Å². The molecule has 1 aliphatic heterocycles. The Balaban J connectivity index is 2.07. The first kappa shape index (κ1) is 15.5. The summed E-state index contributed by atoms with van der Waals surface area (Å²) in [5.74, 6) is -0.964. The molecule has 0 saturated heterocycles. The van der Waals surface area contributed by atoms with Gasteiger partial charge in [-0.05, 0) is 55.2 Å². The summed E-state index contributed by atoms with van der Waals surface area (Å²) < 4.78 is 15.0. The van der Waals surface area contributed by atoms with E-state index in [9.17, 15) is 9.18 Å². The van der Waals surface area contributed by atoms with Gasteiger partial charge in [-0.2, -0.15) is 0 Å². The first-order chi connectivity index (χ1) is 10.6. The molecule has 3 rings (SSSR count). The highest BCUT2D eigenvalue weighted by atomic mass is 79.9. The summed E-state index contributed by atoms with van der Waals surface area (Å²) in [6.07, 6.45) is 2.78. The largest absolute Gasteiger partial charge is 0.308 e. The number of hydrogen-bond donors (Lipinski definition) is 0. The normalized spacial score (nSPS) is 14.4. The number of amides is 1. The number of hydrogen-bond acceptors (Lipinski definition) is 1. The van der Waals surface area contributed by atoms with Gasteiger partial charge in [-0.15, -0.1) is 0 Å². The van der Waals surface area contributed by atoms with Crippen LogP contribution in [-0.4, -0.2) is 12.5 Å². The molecule has 2 nitrogen and oxygen atoms in total. The van der Waals surface area contributed by atoms with Crippen molar-refractivity contribution in [3.05, 3.63) is 62.8 Å². The molecule has 1 amide bonds. The molecule has 0 aliphatic carbocycles. The first-order valence-electron chi connectivity index (χ1n) is 7.12. The van der Waals surface area contributed by atoms with E-state index in [0.29, 0.717) is 6.54 Å². The fourth-order valence-electron chi connectivity index (χ4n) is 2.77. The third-order valence-corrected chi connectivity index (χ3v) is 4.64. The number of fused-ring (bicyclic) bond motifs is 1. The van der Waals surface area contributed by atoms with Crippen molar-refractivity contribution in [2.75, 3.05) is 11.4 Å². The van der Waals surface area contributed by atoms with Gasteiger partial charge in [0.05, 0.1) is 10.6 Å². The summed E-state index contributed by atoms with van der Waals surface area (Å²) in [5.41, 5.74) is 1.87. The maximum atomic E-state index is 14.1. The van der Waals surface area contributed by atoms with Gasteiger partial charge in [0.15, 0.2) is 0 Å². The Hall–Kier alpha value is -1.39. The van der Waals surface area contributed by atoms with Gasteiger partial charge in [0.25, 0.3) is 5.91 Å². The SMILES string of the molecule is O=C(c1c(F)cccc1Cl)N1CCCCc2cc(Br)ccc21. The van der Waals surface area contributed by atoms with Gasteiger partial charge in [-0.3, -0.25) is 4.79 Å². The summed E-state index contributed by atoms with van der Waals surface area (Å²) in [5, 5.41) is 0.146. The minimum atomic E-state index is -0.583. The fraction of sp³-hybridized carbons (Fsp3) is 0.235. The van der Waals surface area contributed by atoms with Gasteiger partial charge in [0, 0.05) is 16.7 Å². The van der Waals surface area contributed by atoms with Crippen molar-refractivity contribution in [1.82, 2.24) is 0 Å². The molecule has 0 N–H and O–H groups in total. The van der Waals surface area contributed by atoms with Crippen LogP contribution in [0.1, 0.15) is 28.8 Å². The molecule has 0 radical (unpaired) electrons. The highest BCUT2D eigenvalue weighted by Gasteiger charge is 2.26. The molecule has 1 aliphatic rings. The lowest BCUT2D eigenvalue weighted by atomic mass is 10.1. The average molecular weight is 383 g/mol. The molecule has 22 heavy (non-hydrogen) atoms. The Bertz CT molecular complexity index is 714. The minimum absolute atomic E-state index is 0.0556. The monoisotopic (exact) mass is 381 g/mol.